The number of amides is 1. The molecular formula is C20H26N2O3. The molecule has 1 amide bonds. The third kappa shape index (κ3) is 4.04. The molecule has 0 spiro atoms. The highest BCUT2D eigenvalue weighted by Crippen LogP contribution is 2.20. The van der Waals surface area contributed by atoms with Crippen molar-refractivity contribution in [2.75, 3.05) is 18.5 Å². The average Bonchev–Trinajstić information content (AvgIpc) is 3.22. The van der Waals surface area contributed by atoms with E-state index in [9.17, 15) is 4.79 Å². The Labute approximate surface area is 148 Å². The zero-order chi connectivity index (χ0) is 17.8. The summed E-state index contributed by atoms with van der Waals surface area (Å²) in [4.78, 5) is 12.5. The summed E-state index contributed by atoms with van der Waals surface area (Å²) < 4.78 is 13.4. The highest BCUT2D eigenvalue weighted by Gasteiger charge is 2.17. The summed E-state index contributed by atoms with van der Waals surface area (Å²) in [6.45, 7) is 8.35. The topological polar surface area (TPSA) is 52.5 Å². The van der Waals surface area contributed by atoms with Gasteiger partial charge in [0.05, 0.1) is 11.7 Å². The number of aryl methyl sites for hydroxylation is 1. The number of nitrogens with one attached hydrogen (secondary N) is 1. The first-order chi connectivity index (χ1) is 12.1. The van der Waals surface area contributed by atoms with E-state index in [1.54, 1.807) is 0 Å². The molecule has 0 radical (unpaired) electrons. The van der Waals surface area contributed by atoms with Crippen LogP contribution in [0.15, 0.2) is 30.3 Å². The molecule has 134 valence electrons. The summed E-state index contributed by atoms with van der Waals surface area (Å²) in [5, 5.41) is 2.96. The van der Waals surface area contributed by atoms with Gasteiger partial charge < -0.3 is 19.4 Å². The van der Waals surface area contributed by atoms with Crippen molar-refractivity contribution in [3.05, 3.63) is 47.3 Å². The number of aromatic nitrogens is 1. The van der Waals surface area contributed by atoms with Crippen molar-refractivity contribution in [1.82, 2.24) is 4.57 Å². The highest BCUT2D eigenvalue weighted by molar-refractivity contribution is 6.05. The van der Waals surface area contributed by atoms with Crippen LogP contribution in [-0.4, -0.2) is 29.8 Å². The maximum absolute atomic E-state index is 12.5. The van der Waals surface area contributed by atoms with Crippen molar-refractivity contribution in [3.63, 3.8) is 0 Å². The Morgan fingerprint density at radius 1 is 1.32 bits per heavy atom. The summed E-state index contributed by atoms with van der Waals surface area (Å²) in [5.41, 5.74) is 3.57. The maximum Gasteiger partial charge on any atom is 0.257 e. The number of carbonyl (C=O) groups is 1. The molecule has 0 aliphatic carbocycles. The fraction of sp³-hybridized carbons (Fsp3) is 0.450. The predicted molar refractivity (Wildman–Crippen MR) is 98.4 cm³/mol. The highest BCUT2D eigenvalue weighted by atomic mass is 16.5. The molecule has 25 heavy (non-hydrogen) atoms. The molecular weight excluding hydrogens is 316 g/mol. The normalized spacial score (nSPS) is 16.8. The van der Waals surface area contributed by atoms with Gasteiger partial charge in [-0.3, -0.25) is 4.79 Å². The van der Waals surface area contributed by atoms with E-state index in [0.717, 1.165) is 54.4 Å². The number of rotatable bonds is 6. The van der Waals surface area contributed by atoms with Gasteiger partial charge >= 0.3 is 0 Å². The quantitative estimate of drug-likeness (QED) is 0.865. The first-order valence-corrected chi connectivity index (χ1v) is 8.91. The lowest BCUT2D eigenvalue weighted by Crippen LogP contribution is -2.16. The Balaban J connectivity index is 1.60. The second-order valence-electron chi connectivity index (χ2n) is 6.45. The first kappa shape index (κ1) is 17.5. The van der Waals surface area contributed by atoms with E-state index in [1.807, 2.05) is 44.2 Å². The molecule has 2 heterocycles. The molecule has 0 bridgehead atoms. The van der Waals surface area contributed by atoms with E-state index in [1.165, 1.54) is 0 Å². The van der Waals surface area contributed by atoms with Crippen molar-refractivity contribution >= 4 is 11.6 Å². The lowest BCUT2D eigenvalue weighted by molar-refractivity contribution is 0.0679. The molecule has 1 saturated heterocycles. The van der Waals surface area contributed by atoms with Crippen LogP contribution in [0.5, 0.6) is 5.75 Å². The largest absolute Gasteiger partial charge is 0.491 e. The number of ether oxygens (including phenoxy) is 2. The summed E-state index contributed by atoms with van der Waals surface area (Å²) in [5.74, 6) is 0.707. The van der Waals surface area contributed by atoms with Gasteiger partial charge in [-0.2, -0.15) is 0 Å². The number of carbonyl (C=O) groups excluding carboxylic acids is 1. The number of benzene rings is 1. The van der Waals surface area contributed by atoms with Gasteiger partial charge in [-0.15, -0.1) is 0 Å². The predicted octanol–water partition coefficient (Wildman–Crippen LogP) is 3.93. The minimum atomic E-state index is -0.0826. The van der Waals surface area contributed by atoms with E-state index < -0.39 is 0 Å². The monoisotopic (exact) mass is 342 g/mol. The lowest BCUT2D eigenvalue weighted by atomic mass is 10.2. The standard InChI is InChI=1S/C20H26N2O3/c1-4-22-14(2)12-19(15(22)3)20(23)21-16-7-9-17(10-8-16)25-13-18-6-5-11-24-18/h7-10,12,18H,4-6,11,13H2,1-3H3,(H,21,23)/t18-/m1/s1. The molecule has 1 aromatic carbocycles. The molecule has 1 aliphatic rings. The van der Waals surface area contributed by atoms with Gasteiger partial charge in [0.25, 0.3) is 5.91 Å². The summed E-state index contributed by atoms with van der Waals surface area (Å²) in [7, 11) is 0. The van der Waals surface area contributed by atoms with Crippen molar-refractivity contribution in [2.24, 2.45) is 0 Å². The molecule has 0 unspecified atom stereocenters. The van der Waals surface area contributed by atoms with Gasteiger partial charge in [-0.1, -0.05) is 0 Å². The van der Waals surface area contributed by atoms with Crippen molar-refractivity contribution in [3.8, 4) is 5.75 Å². The second-order valence-corrected chi connectivity index (χ2v) is 6.45. The van der Waals surface area contributed by atoms with Gasteiger partial charge in [0.1, 0.15) is 12.4 Å². The molecule has 5 heteroatoms. The summed E-state index contributed by atoms with van der Waals surface area (Å²) >= 11 is 0. The average molecular weight is 342 g/mol. The number of hydrogen-bond donors (Lipinski definition) is 1. The molecule has 1 atom stereocenters. The van der Waals surface area contributed by atoms with Gasteiger partial charge in [-0.25, -0.2) is 0 Å². The van der Waals surface area contributed by atoms with E-state index in [2.05, 4.69) is 16.8 Å². The third-order valence-corrected chi connectivity index (χ3v) is 4.71. The van der Waals surface area contributed by atoms with Crippen molar-refractivity contribution in [1.29, 1.82) is 0 Å². The third-order valence-electron chi connectivity index (χ3n) is 4.71. The van der Waals surface area contributed by atoms with E-state index >= 15 is 0 Å². The second kappa shape index (κ2) is 7.74. The van der Waals surface area contributed by atoms with Crippen LogP contribution in [0.3, 0.4) is 0 Å². The smallest absolute Gasteiger partial charge is 0.257 e. The molecule has 0 saturated carbocycles. The fourth-order valence-electron chi connectivity index (χ4n) is 3.32. The van der Waals surface area contributed by atoms with E-state index in [0.29, 0.717) is 6.61 Å². The van der Waals surface area contributed by atoms with Gasteiger partial charge in [0.2, 0.25) is 0 Å². The summed E-state index contributed by atoms with van der Waals surface area (Å²) in [6, 6.07) is 9.41. The SMILES string of the molecule is CCn1c(C)cc(C(=O)Nc2ccc(OC[C@H]3CCCO3)cc2)c1C. The zero-order valence-corrected chi connectivity index (χ0v) is 15.2. The zero-order valence-electron chi connectivity index (χ0n) is 15.2. The van der Waals surface area contributed by atoms with Gasteiger partial charge in [-0.05, 0) is 63.9 Å². The molecule has 1 aliphatic heterocycles. The Morgan fingerprint density at radius 3 is 2.68 bits per heavy atom. The van der Waals surface area contributed by atoms with Crippen molar-refractivity contribution in [2.45, 2.75) is 46.3 Å². The fourth-order valence-corrected chi connectivity index (χ4v) is 3.32. The molecule has 2 aromatic rings. The van der Waals surface area contributed by atoms with Gasteiger partial charge in [0, 0.05) is 30.2 Å². The van der Waals surface area contributed by atoms with Crippen LogP contribution < -0.4 is 10.1 Å². The van der Waals surface area contributed by atoms with Crippen LogP contribution in [0.4, 0.5) is 5.69 Å². The number of hydrogen-bond acceptors (Lipinski definition) is 3. The molecule has 1 fully saturated rings. The van der Waals surface area contributed by atoms with Crippen LogP contribution in [0.25, 0.3) is 0 Å². The molecule has 1 N–H and O–H groups in total. The van der Waals surface area contributed by atoms with Crippen LogP contribution >= 0.6 is 0 Å². The summed E-state index contributed by atoms with van der Waals surface area (Å²) in [6.07, 6.45) is 2.37. The van der Waals surface area contributed by atoms with Gasteiger partial charge in [0.15, 0.2) is 0 Å². The molecule has 3 rings (SSSR count). The lowest BCUT2D eigenvalue weighted by Gasteiger charge is -2.12. The minimum absolute atomic E-state index is 0.0826. The van der Waals surface area contributed by atoms with Crippen molar-refractivity contribution < 1.29 is 14.3 Å². The Morgan fingerprint density at radius 2 is 2.08 bits per heavy atom. The van der Waals surface area contributed by atoms with Crippen LogP contribution in [0, 0.1) is 13.8 Å². The first-order valence-electron chi connectivity index (χ1n) is 8.91. The van der Waals surface area contributed by atoms with Crippen LogP contribution in [0.1, 0.15) is 41.5 Å². The van der Waals surface area contributed by atoms with E-state index in [4.69, 9.17) is 9.47 Å². The van der Waals surface area contributed by atoms with Crippen LogP contribution in [-0.2, 0) is 11.3 Å². The Kier molecular flexibility index (Phi) is 5.43. The van der Waals surface area contributed by atoms with E-state index in [-0.39, 0.29) is 12.0 Å². The maximum atomic E-state index is 12.5. The Bertz CT molecular complexity index is 728. The number of nitrogens with zero attached hydrogens (tertiary/aromatic N) is 1. The minimum Gasteiger partial charge on any atom is -0.491 e. The number of anilines is 1. The van der Waals surface area contributed by atoms with Crippen LogP contribution in [0.2, 0.25) is 0 Å². The molecule has 1 aromatic heterocycles. The molecule has 5 nitrogen and oxygen atoms in total. The Hall–Kier alpha value is -2.27.